The Hall–Kier alpha value is -1.42. The summed E-state index contributed by atoms with van der Waals surface area (Å²) in [6.45, 7) is 5.59. The summed E-state index contributed by atoms with van der Waals surface area (Å²) < 4.78 is 0. The van der Waals surface area contributed by atoms with E-state index in [0.717, 1.165) is 30.8 Å². The van der Waals surface area contributed by atoms with Crippen molar-refractivity contribution in [3.05, 3.63) is 29.6 Å². The molecule has 2 unspecified atom stereocenters. The second-order valence-corrected chi connectivity index (χ2v) is 5.12. The zero-order valence-electron chi connectivity index (χ0n) is 11.1. The standard InChI is InChI=1S/C14H21N3O/c1-10-6-7-15-13(8-10)14(18)16-9-12-5-3-4-11(2)17-12/h3-5,10,13,15H,6-9H2,1-2H3,(H,16,18). The normalized spacial score (nSPS) is 23.7. The molecular weight excluding hydrogens is 226 g/mol. The minimum absolute atomic E-state index is 0.0430. The lowest BCUT2D eigenvalue weighted by Gasteiger charge is -2.27. The molecule has 4 heteroatoms. The van der Waals surface area contributed by atoms with E-state index in [9.17, 15) is 4.79 Å². The average Bonchev–Trinajstić information content (AvgIpc) is 2.36. The van der Waals surface area contributed by atoms with Gasteiger partial charge in [-0.15, -0.1) is 0 Å². The van der Waals surface area contributed by atoms with Crippen molar-refractivity contribution in [2.75, 3.05) is 6.54 Å². The van der Waals surface area contributed by atoms with E-state index in [4.69, 9.17) is 0 Å². The SMILES string of the molecule is Cc1cccc(CNC(=O)C2CC(C)CCN2)n1. The molecule has 0 aliphatic carbocycles. The van der Waals surface area contributed by atoms with Crippen molar-refractivity contribution in [1.82, 2.24) is 15.6 Å². The molecule has 1 aliphatic rings. The van der Waals surface area contributed by atoms with Gasteiger partial charge in [0.05, 0.1) is 18.3 Å². The number of nitrogens with one attached hydrogen (secondary N) is 2. The summed E-state index contributed by atoms with van der Waals surface area (Å²) in [5.74, 6) is 0.712. The quantitative estimate of drug-likeness (QED) is 0.849. The van der Waals surface area contributed by atoms with Crippen LogP contribution in [0.3, 0.4) is 0 Å². The highest BCUT2D eigenvalue weighted by molar-refractivity contribution is 5.81. The van der Waals surface area contributed by atoms with Crippen LogP contribution in [-0.4, -0.2) is 23.5 Å². The summed E-state index contributed by atoms with van der Waals surface area (Å²) in [6, 6.07) is 5.81. The molecule has 2 atom stereocenters. The van der Waals surface area contributed by atoms with Crippen molar-refractivity contribution < 1.29 is 4.79 Å². The number of carbonyl (C=O) groups is 1. The van der Waals surface area contributed by atoms with Crippen LogP contribution in [0.1, 0.15) is 31.2 Å². The van der Waals surface area contributed by atoms with Crippen LogP contribution < -0.4 is 10.6 Å². The number of nitrogens with zero attached hydrogens (tertiary/aromatic N) is 1. The van der Waals surface area contributed by atoms with Gasteiger partial charge in [0, 0.05) is 5.69 Å². The Kier molecular flexibility index (Phi) is 4.31. The molecule has 98 valence electrons. The van der Waals surface area contributed by atoms with Crippen LogP contribution in [0.4, 0.5) is 0 Å². The predicted octanol–water partition coefficient (Wildman–Crippen LogP) is 1.39. The van der Waals surface area contributed by atoms with Crippen LogP contribution in [-0.2, 0) is 11.3 Å². The summed E-state index contributed by atoms with van der Waals surface area (Å²) >= 11 is 0. The molecule has 1 amide bonds. The number of aromatic nitrogens is 1. The molecule has 1 aromatic rings. The van der Waals surface area contributed by atoms with Gasteiger partial charge in [0.2, 0.25) is 5.91 Å². The summed E-state index contributed by atoms with van der Waals surface area (Å²) in [6.07, 6.45) is 2.08. The van der Waals surface area contributed by atoms with Crippen LogP contribution in [0.15, 0.2) is 18.2 Å². The highest BCUT2D eigenvalue weighted by atomic mass is 16.2. The van der Waals surface area contributed by atoms with Gasteiger partial charge < -0.3 is 10.6 Å². The first-order valence-electron chi connectivity index (χ1n) is 6.59. The summed E-state index contributed by atoms with van der Waals surface area (Å²) in [5, 5.41) is 6.22. The van der Waals surface area contributed by atoms with Crippen LogP contribution >= 0.6 is 0 Å². The van der Waals surface area contributed by atoms with E-state index in [0.29, 0.717) is 12.5 Å². The Morgan fingerprint density at radius 2 is 2.39 bits per heavy atom. The first-order valence-corrected chi connectivity index (χ1v) is 6.59. The number of rotatable bonds is 3. The van der Waals surface area contributed by atoms with Crippen LogP contribution in [0.2, 0.25) is 0 Å². The van der Waals surface area contributed by atoms with Crippen molar-refractivity contribution in [3.63, 3.8) is 0 Å². The molecule has 0 bridgehead atoms. The first kappa shape index (κ1) is 13.0. The van der Waals surface area contributed by atoms with E-state index in [1.54, 1.807) is 0 Å². The third-order valence-electron chi connectivity index (χ3n) is 3.37. The molecular formula is C14H21N3O. The number of piperidine rings is 1. The second kappa shape index (κ2) is 5.96. The molecule has 4 nitrogen and oxygen atoms in total. The molecule has 0 spiro atoms. The predicted molar refractivity (Wildman–Crippen MR) is 71.0 cm³/mol. The monoisotopic (exact) mass is 247 g/mol. The molecule has 2 rings (SSSR count). The largest absolute Gasteiger partial charge is 0.349 e. The van der Waals surface area contributed by atoms with Gasteiger partial charge in [-0.25, -0.2) is 0 Å². The van der Waals surface area contributed by atoms with Crippen molar-refractivity contribution >= 4 is 5.91 Å². The zero-order valence-corrected chi connectivity index (χ0v) is 11.1. The van der Waals surface area contributed by atoms with Gasteiger partial charge in [-0.1, -0.05) is 13.0 Å². The second-order valence-electron chi connectivity index (χ2n) is 5.12. The third-order valence-corrected chi connectivity index (χ3v) is 3.37. The maximum Gasteiger partial charge on any atom is 0.237 e. The summed E-state index contributed by atoms with van der Waals surface area (Å²) in [5.41, 5.74) is 1.89. The molecule has 2 heterocycles. The number of amides is 1. The molecule has 18 heavy (non-hydrogen) atoms. The van der Waals surface area contributed by atoms with Gasteiger partial charge in [-0.3, -0.25) is 9.78 Å². The Labute approximate surface area is 108 Å². The van der Waals surface area contributed by atoms with Crippen molar-refractivity contribution in [3.8, 4) is 0 Å². The molecule has 1 fully saturated rings. The first-order chi connectivity index (χ1) is 8.65. The van der Waals surface area contributed by atoms with Crippen molar-refractivity contribution in [2.24, 2.45) is 5.92 Å². The molecule has 0 saturated carbocycles. The van der Waals surface area contributed by atoms with Crippen LogP contribution in [0.5, 0.6) is 0 Å². The minimum atomic E-state index is -0.0430. The van der Waals surface area contributed by atoms with Crippen LogP contribution in [0, 0.1) is 12.8 Å². The van der Waals surface area contributed by atoms with Gasteiger partial charge in [-0.05, 0) is 44.4 Å². The number of aryl methyl sites for hydroxylation is 1. The van der Waals surface area contributed by atoms with Crippen molar-refractivity contribution in [1.29, 1.82) is 0 Å². The summed E-state index contributed by atoms with van der Waals surface area (Å²) in [7, 11) is 0. The highest BCUT2D eigenvalue weighted by Gasteiger charge is 2.24. The van der Waals surface area contributed by atoms with Gasteiger partial charge in [0.25, 0.3) is 0 Å². The lowest BCUT2D eigenvalue weighted by atomic mass is 9.94. The van der Waals surface area contributed by atoms with E-state index in [1.165, 1.54) is 0 Å². The molecule has 1 saturated heterocycles. The van der Waals surface area contributed by atoms with Gasteiger partial charge >= 0.3 is 0 Å². The van der Waals surface area contributed by atoms with Crippen molar-refractivity contribution in [2.45, 2.75) is 39.3 Å². The maximum absolute atomic E-state index is 12.0. The molecule has 1 aromatic heterocycles. The van der Waals surface area contributed by atoms with E-state index in [2.05, 4.69) is 22.5 Å². The number of hydrogen-bond donors (Lipinski definition) is 2. The van der Waals surface area contributed by atoms with E-state index < -0.39 is 0 Å². The maximum atomic E-state index is 12.0. The molecule has 2 N–H and O–H groups in total. The summed E-state index contributed by atoms with van der Waals surface area (Å²) in [4.78, 5) is 16.4. The average molecular weight is 247 g/mol. The Morgan fingerprint density at radius 3 is 3.11 bits per heavy atom. The van der Waals surface area contributed by atoms with Gasteiger partial charge in [0.15, 0.2) is 0 Å². The highest BCUT2D eigenvalue weighted by Crippen LogP contribution is 2.15. The topological polar surface area (TPSA) is 54.0 Å². The Bertz CT molecular complexity index is 419. The van der Waals surface area contributed by atoms with Crippen LogP contribution in [0.25, 0.3) is 0 Å². The molecule has 0 radical (unpaired) electrons. The smallest absolute Gasteiger partial charge is 0.237 e. The number of pyridine rings is 1. The fourth-order valence-electron chi connectivity index (χ4n) is 2.31. The lowest BCUT2D eigenvalue weighted by molar-refractivity contribution is -0.124. The van der Waals surface area contributed by atoms with E-state index in [1.807, 2.05) is 25.1 Å². The van der Waals surface area contributed by atoms with Gasteiger partial charge in [-0.2, -0.15) is 0 Å². The third kappa shape index (κ3) is 3.53. The zero-order chi connectivity index (χ0) is 13.0. The molecule has 0 aromatic carbocycles. The fourth-order valence-corrected chi connectivity index (χ4v) is 2.31. The van der Waals surface area contributed by atoms with Gasteiger partial charge in [0.1, 0.15) is 0 Å². The Balaban J connectivity index is 1.84. The number of hydrogen-bond acceptors (Lipinski definition) is 3. The van der Waals surface area contributed by atoms with E-state index >= 15 is 0 Å². The number of carbonyl (C=O) groups excluding carboxylic acids is 1. The molecule has 1 aliphatic heterocycles. The fraction of sp³-hybridized carbons (Fsp3) is 0.571. The minimum Gasteiger partial charge on any atom is -0.349 e. The lowest BCUT2D eigenvalue weighted by Crippen LogP contribution is -2.48. The van der Waals surface area contributed by atoms with E-state index in [-0.39, 0.29) is 11.9 Å². The Morgan fingerprint density at radius 1 is 1.56 bits per heavy atom.